The Kier molecular flexibility index (Phi) is 6.75. The van der Waals surface area contributed by atoms with Crippen molar-refractivity contribution in [2.45, 2.75) is 31.2 Å². The van der Waals surface area contributed by atoms with Crippen LogP contribution in [0.15, 0.2) is 57.9 Å². The minimum Gasteiger partial charge on any atom is -0.497 e. The van der Waals surface area contributed by atoms with Crippen molar-refractivity contribution in [1.82, 2.24) is 19.8 Å². The molecular weight excluding hydrogens is 444 g/mol. The lowest BCUT2D eigenvalue weighted by Crippen LogP contribution is -2.42. The molecule has 0 saturated carbocycles. The van der Waals surface area contributed by atoms with E-state index in [9.17, 15) is 13.2 Å². The number of aromatic nitrogens is 2. The molecule has 33 heavy (non-hydrogen) atoms. The third-order valence-corrected chi connectivity index (χ3v) is 7.61. The summed E-state index contributed by atoms with van der Waals surface area (Å²) >= 11 is 0. The van der Waals surface area contributed by atoms with Crippen molar-refractivity contribution in [3.63, 3.8) is 0 Å². The molecule has 4 rings (SSSR count). The first kappa shape index (κ1) is 22.9. The van der Waals surface area contributed by atoms with E-state index < -0.39 is 10.0 Å². The van der Waals surface area contributed by atoms with Crippen molar-refractivity contribution in [3.05, 3.63) is 60.0 Å². The van der Waals surface area contributed by atoms with Gasteiger partial charge in [0.1, 0.15) is 5.75 Å². The molecule has 0 atom stereocenters. The fraction of sp³-hybridized carbons (Fsp3) is 0.348. The number of ether oxygens (including phenoxy) is 1. The van der Waals surface area contributed by atoms with Crippen LogP contribution < -0.4 is 10.1 Å². The molecule has 10 heteroatoms. The number of nitrogens with one attached hydrogen (secondary N) is 1. The summed E-state index contributed by atoms with van der Waals surface area (Å²) in [6.45, 7) is 2.62. The van der Waals surface area contributed by atoms with E-state index in [1.165, 1.54) is 4.31 Å². The Morgan fingerprint density at radius 2 is 1.91 bits per heavy atom. The van der Waals surface area contributed by atoms with E-state index in [1.54, 1.807) is 37.4 Å². The molecule has 2 heterocycles. The lowest BCUT2D eigenvalue weighted by Gasteiger charge is -2.30. The number of methoxy groups -OCH3 is 1. The highest BCUT2D eigenvalue weighted by Crippen LogP contribution is 2.25. The highest BCUT2D eigenvalue weighted by molar-refractivity contribution is 7.89. The molecule has 0 unspecified atom stereocenters. The second kappa shape index (κ2) is 9.72. The normalized spacial score (nSPS) is 15.3. The zero-order valence-electron chi connectivity index (χ0n) is 18.5. The van der Waals surface area contributed by atoms with Gasteiger partial charge in [-0.3, -0.25) is 4.79 Å². The number of amides is 1. The molecule has 174 valence electrons. The first-order valence-electron chi connectivity index (χ1n) is 10.7. The summed E-state index contributed by atoms with van der Waals surface area (Å²) in [5, 5.41) is 6.78. The fourth-order valence-electron chi connectivity index (χ4n) is 3.73. The summed E-state index contributed by atoms with van der Waals surface area (Å²) in [5.41, 5.74) is 1.75. The van der Waals surface area contributed by atoms with E-state index in [1.807, 2.05) is 25.1 Å². The number of nitrogens with zero attached hydrogens (tertiary/aromatic N) is 3. The van der Waals surface area contributed by atoms with Gasteiger partial charge in [0.05, 0.1) is 18.6 Å². The molecule has 1 aliphatic heterocycles. The molecule has 0 spiro atoms. The molecule has 0 aliphatic carbocycles. The Labute approximate surface area is 192 Å². The van der Waals surface area contributed by atoms with Crippen LogP contribution in [0, 0.1) is 12.8 Å². The maximum atomic E-state index is 12.8. The topological polar surface area (TPSA) is 115 Å². The fourth-order valence-corrected chi connectivity index (χ4v) is 5.20. The Balaban J connectivity index is 1.30. The standard InChI is InChI=1S/C23H26N4O5S/c1-16-6-8-20(9-7-16)33(29,30)27-12-10-17(11-13-27)23(28)24-15-21-25-22(26-32-21)18-4-3-5-19(14-18)31-2/h3-9,14,17H,10-13,15H2,1-2H3,(H,24,28). The summed E-state index contributed by atoms with van der Waals surface area (Å²) in [6, 6.07) is 14.1. The number of benzene rings is 2. The van der Waals surface area contributed by atoms with Crippen molar-refractivity contribution in [2.24, 2.45) is 5.92 Å². The number of sulfonamides is 1. The number of aryl methyl sites for hydroxylation is 1. The number of piperidine rings is 1. The van der Waals surface area contributed by atoms with E-state index in [0.717, 1.165) is 11.1 Å². The molecule has 0 radical (unpaired) electrons. The van der Waals surface area contributed by atoms with Crippen molar-refractivity contribution < 1.29 is 22.5 Å². The molecule has 2 aromatic carbocycles. The van der Waals surface area contributed by atoms with Crippen LogP contribution in [0.1, 0.15) is 24.3 Å². The smallest absolute Gasteiger partial charge is 0.246 e. The van der Waals surface area contributed by atoms with E-state index in [4.69, 9.17) is 9.26 Å². The Hall–Kier alpha value is -3.24. The largest absolute Gasteiger partial charge is 0.497 e. The number of carbonyl (C=O) groups excluding carboxylic acids is 1. The molecule has 1 aromatic heterocycles. The van der Waals surface area contributed by atoms with Crippen molar-refractivity contribution in [2.75, 3.05) is 20.2 Å². The first-order chi connectivity index (χ1) is 15.9. The van der Waals surface area contributed by atoms with Crippen LogP contribution in [-0.2, 0) is 21.4 Å². The van der Waals surface area contributed by atoms with Gasteiger partial charge in [-0.05, 0) is 44.0 Å². The van der Waals surface area contributed by atoms with Gasteiger partial charge in [0.15, 0.2) is 0 Å². The zero-order chi connectivity index (χ0) is 23.4. The van der Waals surface area contributed by atoms with Crippen LogP contribution >= 0.6 is 0 Å². The number of hydrogen-bond acceptors (Lipinski definition) is 7. The second-order valence-corrected chi connectivity index (χ2v) is 9.89. The summed E-state index contributed by atoms with van der Waals surface area (Å²) in [6.07, 6.45) is 0.908. The zero-order valence-corrected chi connectivity index (χ0v) is 19.3. The molecule has 1 N–H and O–H groups in total. The minimum absolute atomic E-state index is 0.109. The SMILES string of the molecule is COc1cccc(-c2noc(CNC(=O)C3CCN(S(=O)(=O)c4ccc(C)cc4)CC3)n2)c1. The van der Waals surface area contributed by atoms with Gasteiger partial charge in [0, 0.05) is 24.6 Å². The van der Waals surface area contributed by atoms with Crippen molar-refractivity contribution in [3.8, 4) is 17.1 Å². The van der Waals surface area contributed by atoms with Crippen LogP contribution in [0.5, 0.6) is 5.75 Å². The van der Waals surface area contributed by atoms with Crippen LogP contribution in [0.4, 0.5) is 0 Å². The van der Waals surface area contributed by atoms with Crippen molar-refractivity contribution in [1.29, 1.82) is 0 Å². The quantitative estimate of drug-likeness (QED) is 0.565. The minimum atomic E-state index is -3.55. The summed E-state index contributed by atoms with van der Waals surface area (Å²) in [5.74, 6) is 0.968. The highest BCUT2D eigenvalue weighted by Gasteiger charge is 2.32. The molecule has 0 bridgehead atoms. The second-order valence-electron chi connectivity index (χ2n) is 7.95. The van der Waals surface area contributed by atoms with Gasteiger partial charge >= 0.3 is 0 Å². The number of carbonyl (C=O) groups is 1. The van der Waals surface area contributed by atoms with Gasteiger partial charge in [-0.25, -0.2) is 8.42 Å². The predicted molar refractivity (Wildman–Crippen MR) is 121 cm³/mol. The summed E-state index contributed by atoms with van der Waals surface area (Å²) in [7, 11) is -1.97. The third-order valence-electron chi connectivity index (χ3n) is 5.69. The average molecular weight is 471 g/mol. The lowest BCUT2D eigenvalue weighted by molar-refractivity contribution is -0.126. The molecule has 3 aromatic rings. The van der Waals surface area contributed by atoms with Gasteiger partial charge in [-0.1, -0.05) is 35.0 Å². The van der Waals surface area contributed by atoms with Gasteiger partial charge in [0.25, 0.3) is 0 Å². The van der Waals surface area contributed by atoms with E-state index in [2.05, 4.69) is 15.5 Å². The van der Waals surface area contributed by atoms with Crippen LogP contribution in [0.25, 0.3) is 11.4 Å². The Bertz CT molecular complexity index is 1220. The maximum absolute atomic E-state index is 12.8. The highest BCUT2D eigenvalue weighted by atomic mass is 32.2. The van der Waals surface area contributed by atoms with Crippen LogP contribution in [-0.4, -0.2) is 49.0 Å². The Morgan fingerprint density at radius 1 is 1.18 bits per heavy atom. The molecule has 1 fully saturated rings. The third kappa shape index (κ3) is 5.23. The maximum Gasteiger partial charge on any atom is 0.246 e. The monoisotopic (exact) mass is 470 g/mol. The number of rotatable bonds is 7. The van der Waals surface area contributed by atoms with E-state index in [0.29, 0.717) is 43.4 Å². The lowest BCUT2D eigenvalue weighted by atomic mass is 9.97. The first-order valence-corrected chi connectivity index (χ1v) is 12.1. The molecule has 1 saturated heterocycles. The summed E-state index contributed by atoms with van der Waals surface area (Å²) in [4.78, 5) is 17.2. The predicted octanol–water partition coefficient (Wildman–Crippen LogP) is 2.77. The van der Waals surface area contributed by atoms with Crippen molar-refractivity contribution >= 4 is 15.9 Å². The van der Waals surface area contributed by atoms with Crippen LogP contribution in [0.3, 0.4) is 0 Å². The van der Waals surface area contributed by atoms with E-state index in [-0.39, 0.29) is 23.3 Å². The van der Waals surface area contributed by atoms with Gasteiger partial charge < -0.3 is 14.6 Å². The summed E-state index contributed by atoms with van der Waals surface area (Å²) < 4.78 is 37.6. The number of hydrogen-bond donors (Lipinski definition) is 1. The Morgan fingerprint density at radius 3 is 2.61 bits per heavy atom. The van der Waals surface area contributed by atoms with Gasteiger partial charge in [0.2, 0.25) is 27.6 Å². The van der Waals surface area contributed by atoms with E-state index >= 15 is 0 Å². The molecule has 9 nitrogen and oxygen atoms in total. The average Bonchev–Trinajstić information content (AvgIpc) is 3.32. The van der Waals surface area contributed by atoms with Crippen LogP contribution in [0.2, 0.25) is 0 Å². The van der Waals surface area contributed by atoms with Gasteiger partial charge in [-0.15, -0.1) is 0 Å². The van der Waals surface area contributed by atoms with Gasteiger partial charge in [-0.2, -0.15) is 9.29 Å². The molecular formula is C23H26N4O5S. The molecule has 1 amide bonds. The molecule has 1 aliphatic rings.